The maximum absolute atomic E-state index is 9.73. The number of hydrogen-bond acceptors (Lipinski definition) is 1. The van der Waals surface area contributed by atoms with Crippen molar-refractivity contribution in [3.63, 3.8) is 0 Å². The van der Waals surface area contributed by atoms with E-state index in [2.05, 4.69) is 0 Å². The molecule has 0 spiro atoms. The van der Waals surface area contributed by atoms with Crippen LogP contribution in [-0.2, 0) is 4.79 Å². The minimum Gasteiger partial charge on any atom is -0.481 e. The zero-order chi connectivity index (χ0) is 5.86. The molecule has 0 aliphatic rings. The first kappa shape index (κ1) is 6.76. The average Bonchev–Trinajstić information content (AvgIpc) is 1.27. The van der Waals surface area contributed by atoms with Crippen LogP contribution in [-0.4, -0.2) is 16.5 Å². The van der Waals surface area contributed by atoms with E-state index >= 15 is 0 Å². The number of carbonyl (C=O) groups is 1. The largest absolute Gasteiger partial charge is 0.481 e. The molecule has 1 atom stereocenters. The summed E-state index contributed by atoms with van der Waals surface area (Å²) in [4.78, 5) is 9.73. The van der Waals surface area contributed by atoms with Crippen LogP contribution in [0.3, 0.4) is 0 Å². The average molecular weight is 123 g/mol. The molecule has 0 heterocycles. The molecule has 0 aromatic rings. The number of carboxylic acid groups (broad SMARTS) is 1. The number of rotatable bonds is 2. The Balaban J connectivity index is 3.13. The molecular formula is C4H7ClO2. The number of halogens is 1. The maximum Gasteiger partial charge on any atom is 0.304 e. The highest BCUT2D eigenvalue weighted by molar-refractivity contribution is 6.21. The molecule has 3 heteroatoms. The molecule has 0 rings (SSSR count). The minimum atomic E-state index is -0.845. The predicted molar refractivity (Wildman–Crippen MR) is 27.6 cm³/mol. The Kier molecular flexibility index (Phi) is 2.76. The lowest BCUT2D eigenvalue weighted by Crippen LogP contribution is -2.01. The summed E-state index contributed by atoms with van der Waals surface area (Å²) in [6.45, 7) is 1.65. The van der Waals surface area contributed by atoms with Gasteiger partial charge in [-0.15, -0.1) is 11.6 Å². The third-order valence-corrected chi connectivity index (χ3v) is 0.610. The van der Waals surface area contributed by atoms with E-state index in [0.29, 0.717) is 0 Å². The van der Waals surface area contributed by atoms with Crippen molar-refractivity contribution in [2.75, 3.05) is 0 Å². The second kappa shape index (κ2) is 2.86. The van der Waals surface area contributed by atoms with Gasteiger partial charge >= 0.3 is 5.97 Å². The quantitative estimate of drug-likeness (QED) is 0.557. The molecular weight excluding hydrogens is 115 g/mol. The summed E-state index contributed by atoms with van der Waals surface area (Å²) in [5, 5.41) is 7.75. The van der Waals surface area contributed by atoms with E-state index in [9.17, 15) is 4.79 Å². The van der Waals surface area contributed by atoms with Gasteiger partial charge in [0.15, 0.2) is 0 Å². The fourth-order valence-corrected chi connectivity index (χ4v) is 0.373. The van der Waals surface area contributed by atoms with Crippen molar-refractivity contribution < 1.29 is 9.90 Å². The van der Waals surface area contributed by atoms with Crippen molar-refractivity contribution >= 4 is 17.6 Å². The fraction of sp³-hybridized carbons (Fsp3) is 0.750. The van der Waals surface area contributed by atoms with Crippen LogP contribution in [0.4, 0.5) is 0 Å². The van der Waals surface area contributed by atoms with Crippen molar-refractivity contribution in [2.45, 2.75) is 18.7 Å². The molecule has 0 fully saturated rings. The Labute approximate surface area is 47.1 Å². The van der Waals surface area contributed by atoms with E-state index in [4.69, 9.17) is 16.7 Å². The van der Waals surface area contributed by atoms with Crippen molar-refractivity contribution in [3.05, 3.63) is 0 Å². The molecule has 7 heavy (non-hydrogen) atoms. The highest BCUT2D eigenvalue weighted by Crippen LogP contribution is 1.97. The standard InChI is InChI=1S/C4H7ClO2/c1-3(5)2-4(6)7/h3H,2H2,1H3,(H,6,7)/t3-/m0/s1. The number of aliphatic carboxylic acids is 1. The van der Waals surface area contributed by atoms with Crippen LogP contribution >= 0.6 is 11.6 Å². The third kappa shape index (κ3) is 5.76. The molecule has 42 valence electrons. The molecule has 0 aliphatic heterocycles. The van der Waals surface area contributed by atoms with Crippen molar-refractivity contribution in [2.24, 2.45) is 0 Å². The maximum atomic E-state index is 9.73. The molecule has 0 aromatic heterocycles. The van der Waals surface area contributed by atoms with Crippen molar-refractivity contribution in [1.82, 2.24) is 0 Å². The highest BCUT2D eigenvalue weighted by Gasteiger charge is 2.00. The molecule has 0 saturated carbocycles. The molecule has 0 aliphatic carbocycles. The van der Waals surface area contributed by atoms with E-state index in [0.717, 1.165) is 0 Å². The first-order valence-electron chi connectivity index (χ1n) is 1.99. The van der Waals surface area contributed by atoms with Gasteiger partial charge in [-0.1, -0.05) is 0 Å². The number of hydrogen-bond donors (Lipinski definition) is 1. The number of carboxylic acids is 1. The molecule has 0 saturated heterocycles. The van der Waals surface area contributed by atoms with E-state index in [1.165, 1.54) is 0 Å². The van der Waals surface area contributed by atoms with Crippen LogP contribution in [0.15, 0.2) is 0 Å². The molecule has 0 aromatic carbocycles. The normalized spacial score (nSPS) is 13.4. The van der Waals surface area contributed by atoms with Crippen molar-refractivity contribution in [3.8, 4) is 0 Å². The SMILES string of the molecule is C[C@H](Cl)CC(=O)O. The van der Waals surface area contributed by atoms with Crippen LogP contribution < -0.4 is 0 Å². The van der Waals surface area contributed by atoms with Gasteiger partial charge in [-0.2, -0.15) is 0 Å². The Morgan fingerprint density at radius 1 is 2.00 bits per heavy atom. The van der Waals surface area contributed by atoms with Gasteiger partial charge in [0.05, 0.1) is 6.42 Å². The van der Waals surface area contributed by atoms with Crippen LogP contribution in [0.5, 0.6) is 0 Å². The van der Waals surface area contributed by atoms with Crippen LogP contribution in [0, 0.1) is 0 Å². The zero-order valence-corrected chi connectivity index (χ0v) is 4.77. The topological polar surface area (TPSA) is 37.3 Å². The van der Waals surface area contributed by atoms with Crippen LogP contribution in [0.1, 0.15) is 13.3 Å². The second-order valence-corrected chi connectivity index (χ2v) is 2.12. The Morgan fingerprint density at radius 2 is 2.43 bits per heavy atom. The van der Waals surface area contributed by atoms with E-state index < -0.39 is 5.97 Å². The summed E-state index contributed by atoms with van der Waals surface area (Å²) < 4.78 is 0. The van der Waals surface area contributed by atoms with Gasteiger partial charge in [-0.05, 0) is 6.92 Å². The Morgan fingerprint density at radius 3 is 2.43 bits per heavy atom. The van der Waals surface area contributed by atoms with Gasteiger partial charge in [-0.25, -0.2) is 0 Å². The van der Waals surface area contributed by atoms with Crippen LogP contribution in [0.2, 0.25) is 0 Å². The van der Waals surface area contributed by atoms with Gasteiger partial charge in [0.2, 0.25) is 0 Å². The first-order chi connectivity index (χ1) is 3.13. The Bertz CT molecular complexity index is 70.1. The predicted octanol–water partition coefficient (Wildman–Crippen LogP) is 1.09. The Hall–Kier alpha value is -0.240. The van der Waals surface area contributed by atoms with Gasteiger partial charge < -0.3 is 5.11 Å². The van der Waals surface area contributed by atoms with E-state index in [1.54, 1.807) is 6.92 Å². The fourth-order valence-electron chi connectivity index (χ4n) is 0.241. The summed E-state index contributed by atoms with van der Waals surface area (Å²) in [7, 11) is 0. The van der Waals surface area contributed by atoms with Gasteiger partial charge in [0.1, 0.15) is 0 Å². The summed E-state index contributed by atoms with van der Waals surface area (Å²) in [5.74, 6) is -0.845. The monoisotopic (exact) mass is 122 g/mol. The first-order valence-corrected chi connectivity index (χ1v) is 2.42. The summed E-state index contributed by atoms with van der Waals surface area (Å²) in [5.41, 5.74) is 0. The molecule has 2 nitrogen and oxygen atoms in total. The molecule has 0 radical (unpaired) electrons. The lowest BCUT2D eigenvalue weighted by molar-refractivity contribution is -0.136. The molecule has 0 bridgehead atoms. The highest BCUT2D eigenvalue weighted by atomic mass is 35.5. The summed E-state index contributed by atoms with van der Waals surface area (Å²) in [6.07, 6.45) is 0.0432. The van der Waals surface area contributed by atoms with Crippen molar-refractivity contribution in [1.29, 1.82) is 0 Å². The van der Waals surface area contributed by atoms with Gasteiger partial charge in [-0.3, -0.25) is 4.79 Å². The molecule has 0 unspecified atom stereocenters. The van der Waals surface area contributed by atoms with Gasteiger partial charge in [0, 0.05) is 5.38 Å². The number of alkyl halides is 1. The summed E-state index contributed by atoms with van der Waals surface area (Å²) >= 11 is 5.29. The van der Waals surface area contributed by atoms with Gasteiger partial charge in [0.25, 0.3) is 0 Å². The second-order valence-electron chi connectivity index (χ2n) is 1.38. The molecule has 1 N–H and O–H groups in total. The smallest absolute Gasteiger partial charge is 0.304 e. The lowest BCUT2D eigenvalue weighted by Gasteiger charge is -1.91. The van der Waals surface area contributed by atoms with E-state index in [-0.39, 0.29) is 11.8 Å². The zero-order valence-electron chi connectivity index (χ0n) is 4.02. The third-order valence-electron chi connectivity index (χ3n) is 0.456. The van der Waals surface area contributed by atoms with E-state index in [1.807, 2.05) is 0 Å². The van der Waals surface area contributed by atoms with Crippen LogP contribution in [0.25, 0.3) is 0 Å². The summed E-state index contributed by atoms with van der Waals surface area (Å²) in [6, 6.07) is 0. The molecule has 0 amide bonds. The lowest BCUT2D eigenvalue weighted by atomic mass is 10.3. The minimum absolute atomic E-state index is 0.0432.